The van der Waals surface area contributed by atoms with Gasteiger partial charge in [0.2, 0.25) is 0 Å². The lowest BCUT2D eigenvalue weighted by Crippen LogP contribution is -1.99. The van der Waals surface area contributed by atoms with Crippen LogP contribution >= 0.6 is 11.3 Å². The molecule has 0 bridgehead atoms. The van der Waals surface area contributed by atoms with Crippen molar-refractivity contribution in [2.75, 3.05) is 6.61 Å². The van der Waals surface area contributed by atoms with Crippen LogP contribution < -0.4 is 0 Å². The Hall–Kier alpha value is -0.930. The summed E-state index contributed by atoms with van der Waals surface area (Å²) in [5.74, 6) is 0.436. The molecule has 0 aromatic carbocycles. The molecule has 1 heterocycles. The molecule has 0 saturated heterocycles. The average Bonchev–Trinajstić information content (AvgIpc) is 2.91. The van der Waals surface area contributed by atoms with E-state index in [4.69, 9.17) is 5.11 Å². The highest BCUT2D eigenvalue weighted by Crippen LogP contribution is 2.15. The summed E-state index contributed by atoms with van der Waals surface area (Å²) >= 11 is 1.64. The number of rotatable bonds is 9. The highest BCUT2D eigenvalue weighted by molar-refractivity contribution is 7.07. The Labute approximate surface area is 127 Å². The maximum absolute atomic E-state index is 8.98. The van der Waals surface area contributed by atoms with Gasteiger partial charge in [-0.25, -0.2) is 4.98 Å². The molecule has 0 saturated carbocycles. The van der Waals surface area contributed by atoms with Crippen molar-refractivity contribution in [3.8, 4) is 0 Å². The number of aromatic nitrogens is 1. The normalized spacial score (nSPS) is 14.6. The van der Waals surface area contributed by atoms with E-state index in [-0.39, 0.29) is 0 Å². The summed E-state index contributed by atoms with van der Waals surface area (Å²) in [4.78, 5) is 4.27. The van der Waals surface area contributed by atoms with Gasteiger partial charge in [-0.15, -0.1) is 11.3 Å². The molecule has 0 radical (unpaired) electrons. The van der Waals surface area contributed by atoms with Gasteiger partial charge in [0.25, 0.3) is 0 Å². The molecular weight excluding hydrogens is 266 g/mol. The third-order valence-corrected chi connectivity index (χ3v) is 4.06. The van der Waals surface area contributed by atoms with Crippen molar-refractivity contribution in [2.24, 2.45) is 5.92 Å². The van der Waals surface area contributed by atoms with Crippen LogP contribution in [0.1, 0.15) is 58.6 Å². The van der Waals surface area contributed by atoms with Crippen LogP contribution in [0.3, 0.4) is 0 Å². The second kappa shape index (κ2) is 9.89. The summed E-state index contributed by atoms with van der Waals surface area (Å²) in [5.41, 5.74) is 5.80. The molecule has 0 amide bonds. The first kappa shape index (κ1) is 17.1. The van der Waals surface area contributed by atoms with Crippen LogP contribution in [0.4, 0.5) is 0 Å². The Morgan fingerprint density at radius 2 is 2.15 bits per heavy atom. The lowest BCUT2D eigenvalue weighted by Gasteiger charge is -2.07. The third-order valence-electron chi connectivity index (χ3n) is 3.46. The Balaban J connectivity index is 2.22. The number of hydrogen-bond acceptors (Lipinski definition) is 3. The second-order valence-electron chi connectivity index (χ2n) is 5.67. The van der Waals surface area contributed by atoms with E-state index in [1.54, 1.807) is 11.3 Å². The fraction of sp³-hybridized carbons (Fsp3) is 0.588. The first-order valence-corrected chi connectivity index (χ1v) is 8.38. The molecule has 112 valence electrons. The van der Waals surface area contributed by atoms with E-state index >= 15 is 0 Å². The Morgan fingerprint density at radius 1 is 1.35 bits per heavy atom. The minimum Gasteiger partial charge on any atom is -0.396 e. The van der Waals surface area contributed by atoms with Gasteiger partial charge in [-0.2, -0.15) is 0 Å². The molecule has 1 aromatic rings. The molecule has 3 heteroatoms. The molecule has 0 aliphatic carbocycles. The van der Waals surface area contributed by atoms with Crippen molar-refractivity contribution >= 4 is 17.4 Å². The summed E-state index contributed by atoms with van der Waals surface area (Å²) in [6, 6.07) is 0. The molecule has 1 unspecified atom stereocenters. The van der Waals surface area contributed by atoms with Crippen molar-refractivity contribution < 1.29 is 5.11 Å². The van der Waals surface area contributed by atoms with Gasteiger partial charge in [0, 0.05) is 12.0 Å². The molecule has 0 spiro atoms. The van der Waals surface area contributed by atoms with E-state index < -0.39 is 0 Å². The Kier molecular flexibility index (Phi) is 8.47. The van der Waals surface area contributed by atoms with Gasteiger partial charge < -0.3 is 5.11 Å². The van der Waals surface area contributed by atoms with Gasteiger partial charge in [-0.1, -0.05) is 24.1 Å². The van der Waals surface area contributed by atoms with E-state index in [1.165, 1.54) is 17.6 Å². The SMILES string of the molecule is C/C(=C/CC/C(C)=C/c1cscn1)CCCC(C)CO. The van der Waals surface area contributed by atoms with E-state index in [9.17, 15) is 0 Å². The number of aliphatic hydroxyl groups excluding tert-OH is 1. The molecule has 1 N–H and O–H groups in total. The predicted molar refractivity (Wildman–Crippen MR) is 88.9 cm³/mol. The first-order chi connectivity index (χ1) is 9.61. The van der Waals surface area contributed by atoms with E-state index in [0.717, 1.165) is 31.4 Å². The van der Waals surface area contributed by atoms with E-state index in [2.05, 4.69) is 43.3 Å². The fourth-order valence-corrected chi connectivity index (χ4v) is 2.60. The van der Waals surface area contributed by atoms with Crippen LogP contribution in [0.5, 0.6) is 0 Å². The molecule has 20 heavy (non-hydrogen) atoms. The van der Waals surface area contributed by atoms with Gasteiger partial charge in [-0.3, -0.25) is 0 Å². The minimum absolute atomic E-state index is 0.309. The fourth-order valence-electron chi connectivity index (χ4n) is 2.09. The van der Waals surface area contributed by atoms with E-state index in [0.29, 0.717) is 12.5 Å². The maximum Gasteiger partial charge on any atom is 0.0798 e. The zero-order valence-corrected chi connectivity index (χ0v) is 13.7. The minimum atomic E-state index is 0.309. The second-order valence-corrected chi connectivity index (χ2v) is 6.39. The average molecular weight is 293 g/mol. The van der Waals surface area contributed by atoms with Crippen LogP contribution in [0.15, 0.2) is 28.1 Å². The smallest absolute Gasteiger partial charge is 0.0798 e. The van der Waals surface area contributed by atoms with Crippen LogP contribution in [-0.2, 0) is 0 Å². The molecule has 2 nitrogen and oxygen atoms in total. The molecule has 0 fully saturated rings. The zero-order valence-electron chi connectivity index (χ0n) is 12.9. The molecule has 0 aliphatic heterocycles. The number of hydrogen-bond donors (Lipinski definition) is 1. The topological polar surface area (TPSA) is 33.1 Å². The van der Waals surface area contributed by atoms with Crippen molar-refractivity contribution in [1.82, 2.24) is 4.98 Å². The third kappa shape index (κ3) is 7.61. The Morgan fingerprint density at radius 3 is 2.80 bits per heavy atom. The van der Waals surface area contributed by atoms with Gasteiger partial charge in [0.15, 0.2) is 0 Å². The molecular formula is C17H27NOS. The molecule has 1 atom stereocenters. The van der Waals surface area contributed by atoms with Crippen LogP contribution in [0.2, 0.25) is 0 Å². The summed E-state index contributed by atoms with van der Waals surface area (Å²) in [5, 5.41) is 11.1. The summed E-state index contributed by atoms with van der Waals surface area (Å²) < 4.78 is 0. The zero-order chi connectivity index (χ0) is 14.8. The predicted octanol–water partition coefficient (Wildman–Crippen LogP) is 5.07. The molecule has 1 rings (SSSR count). The largest absolute Gasteiger partial charge is 0.396 e. The number of aliphatic hydroxyl groups is 1. The molecule has 0 aliphatic rings. The van der Waals surface area contributed by atoms with Gasteiger partial charge in [0.05, 0.1) is 11.2 Å². The number of thiazole rings is 1. The quantitative estimate of drug-likeness (QED) is 0.645. The lowest BCUT2D eigenvalue weighted by atomic mass is 10.0. The summed E-state index contributed by atoms with van der Waals surface area (Å²) in [6.07, 6.45) is 10.2. The van der Waals surface area contributed by atoms with Gasteiger partial charge >= 0.3 is 0 Å². The van der Waals surface area contributed by atoms with E-state index in [1.807, 2.05) is 5.51 Å². The van der Waals surface area contributed by atoms with Crippen LogP contribution in [-0.4, -0.2) is 16.7 Å². The van der Waals surface area contributed by atoms with Crippen molar-refractivity contribution in [1.29, 1.82) is 0 Å². The lowest BCUT2D eigenvalue weighted by molar-refractivity contribution is 0.228. The summed E-state index contributed by atoms with van der Waals surface area (Å²) in [7, 11) is 0. The van der Waals surface area contributed by atoms with Crippen LogP contribution in [0, 0.1) is 5.92 Å². The Bertz CT molecular complexity index is 420. The first-order valence-electron chi connectivity index (χ1n) is 7.43. The maximum atomic E-state index is 8.98. The van der Waals surface area contributed by atoms with Crippen molar-refractivity contribution in [2.45, 2.75) is 52.9 Å². The summed E-state index contributed by atoms with van der Waals surface area (Å²) in [6.45, 7) is 6.80. The standard InChI is InChI=1S/C17H27NOS/c1-14(7-5-9-16(3)11-19)6-4-8-15(2)10-17-12-20-13-18-17/h6,10,12-13,16,19H,4-5,7-9,11H2,1-3H3/b14-6-,15-10+. The van der Waals surface area contributed by atoms with Gasteiger partial charge in [0.1, 0.15) is 0 Å². The molecule has 1 aromatic heterocycles. The highest BCUT2D eigenvalue weighted by atomic mass is 32.1. The van der Waals surface area contributed by atoms with Crippen molar-refractivity contribution in [3.63, 3.8) is 0 Å². The van der Waals surface area contributed by atoms with Gasteiger partial charge in [-0.05, 0) is 57.9 Å². The van der Waals surface area contributed by atoms with Crippen LogP contribution in [0.25, 0.3) is 6.08 Å². The number of nitrogens with zero attached hydrogens (tertiary/aromatic N) is 1. The number of allylic oxidation sites excluding steroid dienone is 3. The highest BCUT2D eigenvalue weighted by Gasteiger charge is 1.99. The monoisotopic (exact) mass is 293 g/mol. The van der Waals surface area contributed by atoms with Crippen molar-refractivity contribution in [3.05, 3.63) is 33.8 Å².